The lowest BCUT2D eigenvalue weighted by molar-refractivity contribution is -0.114. The van der Waals surface area contributed by atoms with Gasteiger partial charge in [-0.15, -0.1) is 11.3 Å². The van der Waals surface area contributed by atoms with Crippen LogP contribution in [-0.2, 0) is 28.8 Å². The maximum atomic E-state index is 12.6. The molecule has 1 aromatic heterocycles. The van der Waals surface area contributed by atoms with Gasteiger partial charge in [0.05, 0.1) is 18.7 Å². The Morgan fingerprint density at radius 1 is 1.25 bits per heavy atom. The molecule has 1 aliphatic rings. The van der Waals surface area contributed by atoms with Gasteiger partial charge in [-0.2, -0.15) is 0 Å². The molecule has 0 saturated heterocycles. The third-order valence-corrected chi connectivity index (χ3v) is 6.25. The van der Waals surface area contributed by atoms with Gasteiger partial charge in [-0.25, -0.2) is 4.79 Å². The highest BCUT2D eigenvalue weighted by Gasteiger charge is 2.29. The van der Waals surface area contributed by atoms with Crippen LogP contribution in [0.4, 0.5) is 10.7 Å². The molecule has 150 valence electrons. The first-order valence-corrected chi connectivity index (χ1v) is 10.8. The maximum absolute atomic E-state index is 12.6. The first-order valence-electron chi connectivity index (χ1n) is 9.96. The summed E-state index contributed by atoms with van der Waals surface area (Å²) in [7, 11) is 0. The second-order valence-electron chi connectivity index (χ2n) is 7.19. The Balaban J connectivity index is 1.75. The first-order chi connectivity index (χ1) is 13.5. The van der Waals surface area contributed by atoms with E-state index in [0.29, 0.717) is 23.1 Å². The summed E-state index contributed by atoms with van der Waals surface area (Å²) in [5.41, 5.74) is 3.74. The van der Waals surface area contributed by atoms with Crippen LogP contribution in [0.15, 0.2) is 24.3 Å². The largest absolute Gasteiger partial charge is 0.462 e. The third-order valence-electron chi connectivity index (χ3n) is 5.08. The van der Waals surface area contributed by atoms with Gasteiger partial charge in [0.1, 0.15) is 5.00 Å². The zero-order valence-electron chi connectivity index (χ0n) is 16.8. The number of hydrogen-bond acceptors (Lipinski definition) is 5. The van der Waals surface area contributed by atoms with E-state index in [1.54, 1.807) is 6.92 Å². The summed E-state index contributed by atoms with van der Waals surface area (Å²) >= 11 is 1.52. The van der Waals surface area contributed by atoms with Gasteiger partial charge in [0.25, 0.3) is 0 Å². The number of nitrogens with one attached hydrogen (secondary N) is 2. The number of hydrogen-bond donors (Lipinski definition) is 2. The van der Waals surface area contributed by atoms with Crippen molar-refractivity contribution >= 4 is 33.9 Å². The minimum Gasteiger partial charge on any atom is -0.462 e. The highest BCUT2D eigenvalue weighted by molar-refractivity contribution is 7.17. The fraction of sp³-hybridized carbons (Fsp3) is 0.455. The van der Waals surface area contributed by atoms with Crippen molar-refractivity contribution in [2.24, 2.45) is 5.92 Å². The molecule has 5 nitrogen and oxygen atoms in total. The Hall–Kier alpha value is -2.34. The highest BCUT2D eigenvalue weighted by Crippen LogP contribution is 2.40. The standard InChI is InChI=1S/C22H28N2O3S/c1-4-15-8-6-7-9-17(15)23-13-19(25)24-21-20(22(26)27-5-2)16-11-10-14(3)12-18(16)28-21/h6-9,14,23H,4-5,10-13H2,1-3H3,(H,24,25)/t14-/m0/s1. The van der Waals surface area contributed by atoms with Gasteiger partial charge in [-0.3, -0.25) is 4.79 Å². The van der Waals surface area contributed by atoms with Gasteiger partial charge in [0, 0.05) is 10.6 Å². The predicted molar refractivity (Wildman–Crippen MR) is 114 cm³/mol. The van der Waals surface area contributed by atoms with Crippen LogP contribution in [-0.4, -0.2) is 25.0 Å². The normalized spacial score (nSPS) is 15.6. The molecule has 0 radical (unpaired) electrons. The zero-order valence-corrected chi connectivity index (χ0v) is 17.6. The van der Waals surface area contributed by atoms with E-state index in [1.807, 2.05) is 24.3 Å². The van der Waals surface area contributed by atoms with Gasteiger partial charge in [0.15, 0.2) is 0 Å². The summed E-state index contributed by atoms with van der Waals surface area (Å²) in [6.45, 7) is 6.58. The topological polar surface area (TPSA) is 67.4 Å². The second kappa shape index (κ2) is 9.24. The summed E-state index contributed by atoms with van der Waals surface area (Å²) in [5, 5.41) is 6.77. The number of benzene rings is 1. The highest BCUT2D eigenvalue weighted by atomic mass is 32.1. The van der Waals surface area contributed by atoms with Gasteiger partial charge < -0.3 is 15.4 Å². The molecule has 1 aliphatic carbocycles. The number of aryl methyl sites for hydroxylation is 1. The molecule has 1 atom stereocenters. The van der Waals surface area contributed by atoms with Gasteiger partial charge >= 0.3 is 5.97 Å². The molecule has 0 unspecified atom stereocenters. The van der Waals surface area contributed by atoms with Crippen molar-refractivity contribution in [2.45, 2.75) is 46.5 Å². The summed E-state index contributed by atoms with van der Waals surface area (Å²) in [6.07, 6.45) is 3.76. The molecule has 2 N–H and O–H groups in total. The number of carbonyl (C=O) groups excluding carboxylic acids is 2. The van der Waals surface area contributed by atoms with Gasteiger partial charge in [0.2, 0.25) is 5.91 Å². The van der Waals surface area contributed by atoms with E-state index < -0.39 is 0 Å². The number of rotatable bonds is 7. The van der Waals surface area contributed by atoms with Crippen LogP contribution in [0.1, 0.15) is 53.6 Å². The average Bonchev–Trinajstić information content (AvgIpc) is 3.03. The molecule has 1 aromatic carbocycles. The van der Waals surface area contributed by atoms with Crippen molar-refractivity contribution in [3.63, 3.8) is 0 Å². The van der Waals surface area contributed by atoms with Crippen molar-refractivity contribution in [2.75, 3.05) is 23.8 Å². The number of thiophene rings is 1. The van der Waals surface area contributed by atoms with E-state index >= 15 is 0 Å². The predicted octanol–water partition coefficient (Wildman–Crippen LogP) is 4.66. The monoisotopic (exact) mass is 400 g/mol. The van der Waals surface area contributed by atoms with E-state index in [4.69, 9.17) is 4.74 Å². The fourth-order valence-electron chi connectivity index (χ4n) is 3.61. The van der Waals surface area contributed by atoms with Crippen molar-refractivity contribution in [3.8, 4) is 0 Å². The average molecular weight is 401 g/mol. The van der Waals surface area contributed by atoms with E-state index in [9.17, 15) is 9.59 Å². The minimum absolute atomic E-state index is 0.151. The molecule has 28 heavy (non-hydrogen) atoms. The SMILES string of the molecule is CCOC(=O)c1c(NC(=O)CNc2ccccc2CC)sc2c1CC[C@H](C)C2. The number of para-hydroxylation sites is 1. The Labute approximate surface area is 170 Å². The number of amides is 1. The molecule has 1 heterocycles. The van der Waals surface area contributed by atoms with Crippen LogP contribution in [0.3, 0.4) is 0 Å². The number of carbonyl (C=O) groups is 2. The Kier molecular flexibility index (Phi) is 6.73. The van der Waals surface area contributed by atoms with E-state index in [1.165, 1.54) is 21.8 Å². The van der Waals surface area contributed by atoms with Crippen LogP contribution in [0.25, 0.3) is 0 Å². The lowest BCUT2D eigenvalue weighted by Crippen LogP contribution is -2.23. The van der Waals surface area contributed by atoms with Gasteiger partial charge in [-0.1, -0.05) is 32.0 Å². The lowest BCUT2D eigenvalue weighted by atomic mass is 9.88. The summed E-state index contributed by atoms with van der Waals surface area (Å²) in [5.74, 6) is 0.0919. The van der Waals surface area contributed by atoms with Crippen molar-refractivity contribution < 1.29 is 14.3 Å². The van der Waals surface area contributed by atoms with E-state index in [0.717, 1.165) is 36.9 Å². The molecule has 1 amide bonds. The summed E-state index contributed by atoms with van der Waals surface area (Å²) < 4.78 is 5.26. The lowest BCUT2D eigenvalue weighted by Gasteiger charge is -2.18. The van der Waals surface area contributed by atoms with Crippen LogP contribution in [0.2, 0.25) is 0 Å². The Bertz CT molecular complexity index is 859. The summed E-state index contributed by atoms with van der Waals surface area (Å²) in [6, 6.07) is 7.97. The first kappa shape index (κ1) is 20.4. The molecule has 3 rings (SSSR count). The second-order valence-corrected chi connectivity index (χ2v) is 8.29. The molecular weight excluding hydrogens is 372 g/mol. The molecule has 0 fully saturated rings. The maximum Gasteiger partial charge on any atom is 0.341 e. The quantitative estimate of drug-likeness (QED) is 0.663. The van der Waals surface area contributed by atoms with Crippen LogP contribution in [0, 0.1) is 5.92 Å². The molecule has 0 saturated carbocycles. The van der Waals surface area contributed by atoms with Crippen LogP contribution >= 0.6 is 11.3 Å². The number of anilines is 2. The minimum atomic E-state index is -0.339. The Morgan fingerprint density at radius 3 is 2.79 bits per heavy atom. The number of fused-ring (bicyclic) bond motifs is 1. The summed E-state index contributed by atoms with van der Waals surface area (Å²) in [4.78, 5) is 26.3. The fourth-order valence-corrected chi connectivity index (χ4v) is 5.02. The number of esters is 1. The van der Waals surface area contributed by atoms with E-state index in [2.05, 4.69) is 24.5 Å². The molecule has 0 aliphatic heterocycles. The van der Waals surface area contributed by atoms with Crippen molar-refractivity contribution in [1.82, 2.24) is 0 Å². The van der Waals surface area contributed by atoms with Crippen LogP contribution < -0.4 is 10.6 Å². The van der Waals surface area contributed by atoms with Gasteiger partial charge in [-0.05, 0) is 55.7 Å². The molecule has 6 heteroatoms. The smallest absolute Gasteiger partial charge is 0.341 e. The van der Waals surface area contributed by atoms with Crippen molar-refractivity contribution in [1.29, 1.82) is 0 Å². The molecule has 0 spiro atoms. The number of ether oxygens (including phenoxy) is 1. The zero-order chi connectivity index (χ0) is 20.1. The molecular formula is C22H28N2O3S. The molecule has 2 aromatic rings. The third kappa shape index (κ3) is 4.55. The van der Waals surface area contributed by atoms with Crippen LogP contribution in [0.5, 0.6) is 0 Å². The molecule has 0 bridgehead atoms. The van der Waals surface area contributed by atoms with E-state index in [-0.39, 0.29) is 18.4 Å². The van der Waals surface area contributed by atoms with Crippen molar-refractivity contribution in [3.05, 3.63) is 45.8 Å². The Morgan fingerprint density at radius 2 is 2.04 bits per heavy atom.